The number of amides is 2. The molecule has 9 nitrogen and oxygen atoms in total. The van der Waals surface area contributed by atoms with Crippen LogP contribution in [0.1, 0.15) is 23.2 Å². The highest BCUT2D eigenvalue weighted by molar-refractivity contribution is 7.92. The van der Waals surface area contributed by atoms with Gasteiger partial charge in [0.2, 0.25) is 5.91 Å². The van der Waals surface area contributed by atoms with Crippen LogP contribution in [0.5, 0.6) is 5.75 Å². The Labute approximate surface area is 187 Å². The smallest absolute Gasteiger partial charge is 0.261 e. The standard InChI is InChI=1S/C22H27N3O6S/c1-30-15-13-23-21(26)20-4-3-14-25(20)22(27)16-5-7-17(8-6-16)24-32(28,29)19-11-9-18(31-2)10-12-19/h5-12,20,24H,3-4,13-15H2,1-2H3,(H,23,26). The fraction of sp³-hybridized carbons (Fsp3) is 0.364. The van der Waals surface area contributed by atoms with Crippen LogP contribution in [0.3, 0.4) is 0 Å². The molecule has 0 bridgehead atoms. The van der Waals surface area contributed by atoms with Crippen molar-refractivity contribution >= 4 is 27.5 Å². The van der Waals surface area contributed by atoms with Crippen molar-refractivity contribution in [1.29, 1.82) is 0 Å². The minimum absolute atomic E-state index is 0.0952. The van der Waals surface area contributed by atoms with Crippen LogP contribution in [-0.2, 0) is 19.6 Å². The number of hydrogen-bond acceptors (Lipinski definition) is 6. The van der Waals surface area contributed by atoms with Gasteiger partial charge in [-0.2, -0.15) is 0 Å². The summed E-state index contributed by atoms with van der Waals surface area (Å²) in [4.78, 5) is 27.0. The van der Waals surface area contributed by atoms with Crippen molar-refractivity contribution in [3.63, 3.8) is 0 Å². The third-order valence-electron chi connectivity index (χ3n) is 5.18. The van der Waals surface area contributed by atoms with E-state index in [0.717, 1.165) is 6.42 Å². The molecule has 10 heteroatoms. The van der Waals surface area contributed by atoms with Crippen LogP contribution in [0, 0.1) is 0 Å². The Bertz CT molecular complexity index is 1040. The van der Waals surface area contributed by atoms with E-state index >= 15 is 0 Å². The summed E-state index contributed by atoms with van der Waals surface area (Å²) < 4.78 is 37.6. The predicted molar refractivity (Wildman–Crippen MR) is 119 cm³/mol. The van der Waals surface area contributed by atoms with Gasteiger partial charge in [-0.1, -0.05) is 0 Å². The fourth-order valence-electron chi connectivity index (χ4n) is 3.49. The second-order valence-corrected chi connectivity index (χ2v) is 8.98. The normalized spacial score (nSPS) is 15.9. The quantitative estimate of drug-likeness (QED) is 0.551. The average Bonchev–Trinajstić information content (AvgIpc) is 3.29. The zero-order chi connectivity index (χ0) is 23.1. The SMILES string of the molecule is COCCNC(=O)C1CCCN1C(=O)c1ccc(NS(=O)(=O)c2ccc(OC)cc2)cc1. The molecule has 0 radical (unpaired) electrons. The molecule has 1 saturated heterocycles. The Morgan fingerprint density at radius 2 is 1.75 bits per heavy atom. The van der Waals surface area contributed by atoms with Crippen LogP contribution in [0.2, 0.25) is 0 Å². The molecule has 2 aromatic rings. The van der Waals surface area contributed by atoms with Crippen LogP contribution in [0.25, 0.3) is 0 Å². The van der Waals surface area contributed by atoms with Crippen molar-refractivity contribution in [1.82, 2.24) is 10.2 Å². The van der Waals surface area contributed by atoms with E-state index in [2.05, 4.69) is 10.0 Å². The summed E-state index contributed by atoms with van der Waals surface area (Å²) >= 11 is 0. The maximum atomic E-state index is 12.9. The van der Waals surface area contributed by atoms with Crippen molar-refractivity contribution in [3.05, 3.63) is 54.1 Å². The van der Waals surface area contributed by atoms with Gasteiger partial charge in [0.15, 0.2) is 0 Å². The van der Waals surface area contributed by atoms with Crippen LogP contribution < -0.4 is 14.8 Å². The lowest BCUT2D eigenvalue weighted by molar-refractivity contribution is -0.125. The van der Waals surface area contributed by atoms with Crippen molar-refractivity contribution in [3.8, 4) is 5.75 Å². The van der Waals surface area contributed by atoms with Gasteiger partial charge in [0.25, 0.3) is 15.9 Å². The predicted octanol–water partition coefficient (Wildman–Crippen LogP) is 1.86. The molecular formula is C22H27N3O6S. The third kappa shape index (κ3) is 5.57. The van der Waals surface area contributed by atoms with E-state index in [1.165, 1.54) is 31.4 Å². The van der Waals surface area contributed by atoms with Gasteiger partial charge in [-0.25, -0.2) is 8.42 Å². The number of methoxy groups -OCH3 is 2. The number of carbonyl (C=O) groups is 2. The average molecular weight is 462 g/mol. The van der Waals surface area contributed by atoms with Crippen LogP contribution in [0.15, 0.2) is 53.4 Å². The van der Waals surface area contributed by atoms with E-state index in [4.69, 9.17) is 9.47 Å². The summed E-state index contributed by atoms with van der Waals surface area (Å²) in [7, 11) is -0.726. The summed E-state index contributed by atoms with van der Waals surface area (Å²) in [5, 5.41) is 2.78. The van der Waals surface area contributed by atoms with E-state index in [9.17, 15) is 18.0 Å². The van der Waals surface area contributed by atoms with Gasteiger partial charge in [0.05, 0.1) is 18.6 Å². The molecule has 0 aliphatic carbocycles. The van der Waals surface area contributed by atoms with Crippen molar-refractivity contribution in [2.75, 3.05) is 38.6 Å². The molecule has 1 unspecified atom stereocenters. The Morgan fingerprint density at radius 1 is 1.06 bits per heavy atom. The molecular weight excluding hydrogens is 434 g/mol. The van der Waals surface area contributed by atoms with Gasteiger partial charge in [0, 0.05) is 31.5 Å². The molecule has 1 aliphatic rings. The number of anilines is 1. The first-order valence-corrected chi connectivity index (χ1v) is 11.7. The molecule has 2 amide bonds. The van der Waals surface area contributed by atoms with E-state index in [0.29, 0.717) is 43.1 Å². The lowest BCUT2D eigenvalue weighted by atomic mass is 10.1. The topological polar surface area (TPSA) is 114 Å². The first-order valence-electron chi connectivity index (χ1n) is 10.2. The monoisotopic (exact) mass is 461 g/mol. The highest BCUT2D eigenvalue weighted by Crippen LogP contribution is 2.23. The number of nitrogens with zero attached hydrogens (tertiary/aromatic N) is 1. The molecule has 32 heavy (non-hydrogen) atoms. The largest absolute Gasteiger partial charge is 0.497 e. The lowest BCUT2D eigenvalue weighted by Crippen LogP contribution is -2.46. The second-order valence-electron chi connectivity index (χ2n) is 7.30. The number of nitrogens with one attached hydrogen (secondary N) is 2. The highest BCUT2D eigenvalue weighted by atomic mass is 32.2. The summed E-state index contributed by atoms with van der Waals surface area (Å²) in [6.07, 6.45) is 1.35. The van der Waals surface area contributed by atoms with Crippen molar-refractivity contribution in [2.24, 2.45) is 0 Å². The van der Waals surface area contributed by atoms with Gasteiger partial charge < -0.3 is 19.7 Å². The molecule has 1 heterocycles. The number of sulfonamides is 1. The van der Waals surface area contributed by atoms with Crippen molar-refractivity contribution < 1.29 is 27.5 Å². The zero-order valence-corrected chi connectivity index (χ0v) is 18.9. The summed E-state index contributed by atoms with van der Waals surface area (Å²) in [6.45, 7) is 1.28. The highest BCUT2D eigenvalue weighted by Gasteiger charge is 2.34. The van der Waals surface area contributed by atoms with Crippen LogP contribution in [0.4, 0.5) is 5.69 Å². The summed E-state index contributed by atoms with van der Waals surface area (Å²) in [6, 6.07) is 11.7. The number of ether oxygens (including phenoxy) is 2. The van der Waals surface area contributed by atoms with Gasteiger partial charge in [0.1, 0.15) is 11.8 Å². The molecule has 2 N–H and O–H groups in total. The van der Waals surface area contributed by atoms with E-state index in [1.807, 2.05) is 0 Å². The summed E-state index contributed by atoms with van der Waals surface area (Å²) in [5.41, 5.74) is 0.710. The molecule has 0 saturated carbocycles. The molecule has 1 atom stereocenters. The lowest BCUT2D eigenvalue weighted by Gasteiger charge is -2.24. The molecule has 2 aromatic carbocycles. The number of rotatable bonds is 9. The minimum Gasteiger partial charge on any atom is -0.497 e. The van der Waals surface area contributed by atoms with Gasteiger partial charge in [-0.3, -0.25) is 14.3 Å². The summed E-state index contributed by atoms with van der Waals surface area (Å²) in [5.74, 6) is 0.0927. The van der Waals surface area contributed by atoms with Crippen molar-refractivity contribution in [2.45, 2.75) is 23.8 Å². The first kappa shape index (κ1) is 23.6. The van der Waals surface area contributed by atoms with Crippen LogP contribution >= 0.6 is 0 Å². The van der Waals surface area contributed by atoms with E-state index < -0.39 is 16.1 Å². The Balaban J connectivity index is 1.66. The fourth-order valence-corrected chi connectivity index (χ4v) is 4.55. The Hall–Kier alpha value is -3.11. The number of hydrogen-bond donors (Lipinski definition) is 2. The maximum absolute atomic E-state index is 12.9. The Morgan fingerprint density at radius 3 is 2.38 bits per heavy atom. The second kappa shape index (κ2) is 10.5. The van der Waals surface area contributed by atoms with Gasteiger partial charge >= 0.3 is 0 Å². The minimum atomic E-state index is -3.78. The molecule has 0 spiro atoms. The first-order chi connectivity index (χ1) is 15.4. The Kier molecular flexibility index (Phi) is 7.70. The number of benzene rings is 2. The number of likely N-dealkylation sites (tertiary alicyclic amines) is 1. The van der Waals surface area contributed by atoms with E-state index in [-0.39, 0.29) is 16.7 Å². The molecule has 3 rings (SSSR count). The molecule has 0 aromatic heterocycles. The van der Waals surface area contributed by atoms with Gasteiger partial charge in [-0.15, -0.1) is 0 Å². The number of carbonyl (C=O) groups excluding carboxylic acids is 2. The zero-order valence-electron chi connectivity index (χ0n) is 18.0. The van der Waals surface area contributed by atoms with Crippen LogP contribution in [-0.4, -0.2) is 65.1 Å². The molecule has 172 valence electrons. The van der Waals surface area contributed by atoms with Gasteiger partial charge in [-0.05, 0) is 61.4 Å². The molecule has 1 fully saturated rings. The molecule has 1 aliphatic heterocycles. The van der Waals surface area contributed by atoms with E-state index in [1.54, 1.807) is 36.3 Å². The maximum Gasteiger partial charge on any atom is 0.261 e. The third-order valence-corrected chi connectivity index (χ3v) is 6.57.